The molecule has 0 aliphatic heterocycles. The molecule has 148 valence electrons. The van der Waals surface area contributed by atoms with Crippen LogP contribution < -0.4 is 14.8 Å². The average molecular weight is 475 g/mol. The summed E-state index contributed by atoms with van der Waals surface area (Å²) in [6.45, 7) is 9.09. The van der Waals surface area contributed by atoms with E-state index in [2.05, 4.69) is 41.2 Å². The third-order valence-electron chi connectivity index (χ3n) is 3.98. The van der Waals surface area contributed by atoms with Gasteiger partial charge in [0.1, 0.15) is 6.61 Å². The van der Waals surface area contributed by atoms with Crippen LogP contribution in [0.1, 0.15) is 38.3 Å². The highest BCUT2D eigenvalue weighted by Crippen LogP contribution is 2.38. The molecule has 2 rings (SSSR count). The highest BCUT2D eigenvalue weighted by molar-refractivity contribution is 9.10. The molecule has 0 fully saturated rings. The Morgan fingerprint density at radius 2 is 1.89 bits per heavy atom. The van der Waals surface area contributed by atoms with Crippen LogP contribution in [0.25, 0.3) is 0 Å². The zero-order chi connectivity index (χ0) is 19.8. The fourth-order valence-corrected chi connectivity index (χ4v) is 3.61. The summed E-state index contributed by atoms with van der Waals surface area (Å²) >= 11 is 15.8. The van der Waals surface area contributed by atoms with Crippen LogP contribution in [0, 0.1) is 5.92 Å². The summed E-state index contributed by atoms with van der Waals surface area (Å²) < 4.78 is 12.7. The summed E-state index contributed by atoms with van der Waals surface area (Å²) in [6.07, 6.45) is 1.16. The summed E-state index contributed by atoms with van der Waals surface area (Å²) in [4.78, 5) is 0. The van der Waals surface area contributed by atoms with Crippen LogP contribution >= 0.6 is 39.1 Å². The maximum atomic E-state index is 6.24. The fraction of sp³-hybridized carbons (Fsp3) is 0.429. The van der Waals surface area contributed by atoms with Crippen LogP contribution in [-0.4, -0.2) is 13.2 Å². The third kappa shape index (κ3) is 7.19. The summed E-state index contributed by atoms with van der Waals surface area (Å²) in [6, 6.07) is 9.47. The van der Waals surface area contributed by atoms with E-state index in [9.17, 15) is 0 Å². The summed E-state index contributed by atoms with van der Waals surface area (Å²) in [5, 5.41) is 4.66. The van der Waals surface area contributed by atoms with E-state index in [-0.39, 0.29) is 0 Å². The zero-order valence-corrected chi connectivity index (χ0v) is 19.0. The maximum Gasteiger partial charge on any atom is 0.175 e. The Labute approximate surface area is 180 Å². The Hall–Kier alpha value is -0.940. The largest absolute Gasteiger partial charge is 0.490 e. The quantitative estimate of drug-likeness (QED) is 0.381. The summed E-state index contributed by atoms with van der Waals surface area (Å²) in [5.41, 5.74) is 2.01. The molecule has 0 radical (unpaired) electrons. The first-order valence-electron chi connectivity index (χ1n) is 9.13. The van der Waals surface area contributed by atoms with E-state index in [4.69, 9.17) is 32.7 Å². The van der Waals surface area contributed by atoms with Crippen molar-refractivity contribution in [2.45, 2.75) is 40.3 Å². The highest BCUT2D eigenvalue weighted by Gasteiger charge is 2.13. The van der Waals surface area contributed by atoms with E-state index in [0.717, 1.165) is 40.9 Å². The Balaban J connectivity index is 2.10. The summed E-state index contributed by atoms with van der Waals surface area (Å²) in [5.74, 6) is 2.09. The zero-order valence-electron chi connectivity index (χ0n) is 16.0. The van der Waals surface area contributed by atoms with E-state index < -0.39 is 0 Å². The van der Waals surface area contributed by atoms with Gasteiger partial charge < -0.3 is 14.8 Å². The molecule has 2 aromatic rings. The average Bonchev–Trinajstić information content (AvgIpc) is 2.59. The molecule has 3 nitrogen and oxygen atoms in total. The van der Waals surface area contributed by atoms with Crippen molar-refractivity contribution in [3.8, 4) is 11.5 Å². The molecule has 27 heavy (non-hydrogen) atoms. The van der Waals surface area contributed by atoms with Gasteiger partial charge in [-0.2, -0.15) is 0 Å². The molecule has 0 aromatic heterocycles. The van der Waals surface area contributed by atoms with Crippen LogP contribution in [0.15, 0.2) is 34.8 Å². The molecule has 0 saturated carbocycles. The van der Waals surface area contributed by atoms with Gasteiger partial charge in [-0.3, -0.25) is 0 Å². The van der Waals surface area contributed by atoms with Crippen LogP contribution in [0.2, 0.25) is 10.0 Å². The molecular weight excluding hydrogens is 449 g/mol. The van der Waals surface area contributed by atoms with Crippen molar-refractivity contribution in [2.24, 2.45) is 5.92 Å². The van der Waals surface area contributed by atoms with Gasteiger partial charge in [-0.15, -0.1) is 0 Å². The van der Waals surface area contributed by atoms with Gasteiger partial charge in [-0.1, -0.05) is 43.1 Å². The first-order chi connectivity index (χ1) is 12.9. The third-order valence-corrected chi connectivity index (χ3v) is 5.16. The lowest BCUT2D eigenvalue weighted by Crippen LogP contribution is -2.16. The predicted octanol–water partition coefficient (Wildman–Crippen LogP) is 6.87. The van der Waals surface area contributed by atoms with E-state index in [1.807, 2.05) is 19.1 Å². The van der Waals surface area contributed by atoms with E-state index in [0.29, 0.717) is 34.9 Å². The first-order valence-corrected chi connectivity index (χ1v) is 10.7. The SMILES string of the molecule is CCOc1cc(CNCCC(C)C)cc(Br)c1OCc1ccc(Cl)cc1Cl. The monoisotopic (exact) mass is 473 g/mol. The Kier molecular flexibility index (Phi) is 9.24. The van der Waals surface area contributed by atoms with Crippen LogP contribution in [0.5, 0.6) is 11.5 Å². The number of benzene rings is 2. The lowest BCUT2D eigenvalue weighted by Gasteiger charge is -2.16. The van der Waals surface area contributed by atoms with Crippen molar-refractivity contribution in [2.75, 3.05) is 13.2 Å². The van der Waals surface area contributed by atoms with Gasteiger partial charge in [0.05, 0.1) is 11.1 Å². The predicted molar refractivity (Wildman–Crippen MR) is 117 cm³/mol. The van der Waals surface area contributed by atoms with E-state index >= 15 is 0 Å². The van der Waals surface area contributed by atoms with Gasteiger partial charge in [-0.05, 0) is 71.6 Å². The normalized spacial score (nSPS) is 11.1. The highest BCUT2D eigenvalue weighted by atomic mass is 79.9. The fourth-order valence-electron chi connectivity index (χ4n) is 2.54. The molecule has 0 saturated heterocycles. The van der Waals surface area contributed by atoms with Gasteiger partial charge in [0.25, 0.3) is 0 Å². The number of halogens is 3. The van der Waals surface area contributed by atoms with Crippen LogP contribution in [0.4, 0.5) is 0 Å². The first kappa shape index (κ1) is 22.4. The van der Waals surface area contributed by atoms with E-state index in [1.165, 1.54) is 0 Å². The van der Waals surface area contributed by atoms with Gasteiger partial charge in [-0.25, -0.2) is 0 Å². The van der Waals surface area contributed by atoms with Crippen molar-refractivity contribution in [1.82, 2.24) is 5.32 Å². The van der Waals surface area contributed by atoms with E-state index in [1.54, 1.807) is 12.1 Å². The number of rotatable bonds is 10. The Morgan fingerprint density at radius 1 is 1.11 bits per heavy atom. The molecule has 2 aromatic carbocycles. The lowest BCUT2D eigenvalue weighted by molar-refractivity contribution is 0.267. The molecule has 0 bridgehead atoms. The van der Waals surface area contributed by atoms with Crippen molar-refractivity contribution in [3.05, 3.63) is 56.0 Å². The smallest absolute Gasteiger partial charge is 0.175 e. The second kappa shape index (κ2) is 11.2. The van der Waals surface area contributed by atoms with Crippen LogP contribution in [0.3, 0.4) is 0 Å². The van der Waals surface area contributed by atoms with Gasteiger partial charge >= 0.3 is 0 Å². The lowest BCUT2D eigenvalue weighted by atomic mass is 10.1. The molecule has 0 spiro atoms. The molecule has 0 unspecified atom stereocenters. The number of hydrogen-bond acceptors (Lipinski definition) is 3. The number of hydrogen-bond donors (Lipinski definition) is 1. The minimum absolute atomic E-state index is 0.334. The minimum Gasteiger partial charge on any atom is -0.490 e. The summed E-state index contributed by atoms with van der Waals surface area (Å²) in [7, 11) is 0. The molecule has 6 heteroatoms. The van der Waals surface area contributed by atoms with Crippen molar-refractivity contribution in [1.29, 1.82) is 0 Å². The molecular formula is C21H26BrCl2NO2. The van der Waals surface area contributed by atoms with Crippen molar-refractivity contribution in [3.63, 3.8) is 0 Å². The molecule has 0 amide bonds. The second-order valence-corrected chi connectivity index (χ2v) is 8.42. The van der Waals surface area contributed by atoms with Gasteiger partial charge in [0.15, 0.2) is 11.5 Å². The second-order valence-electron chi connectivity index (χ2n) is 6.72. The number of nitrogens with one attached hydrogen (secondary N) is 1. The topological polar surface area (TPSA) is 30.5 Å². The molecule has 0 aliphatic rings. The Bertz CT molecular complexity index is 753. The molecule has 1 N–H and O–H groups in total. The van der Waals surface area contributed by atoms with Crippen molar-refractivity contribution < 1.29 is 9.47 Å². The van der Waals surface area contributed by atoms with Gasteiger partial charge in [0.2, 0.25) is 0 Å². The molecule has 0 aliphatic carbocycles. The van der Waals surface area contributed by atoms with Crippen LogP contribution in [-0.2, 0) is 13.2 Å². The number of ether oxygens (including phenoxy) is 2. The van der Waals surface area contributed by atoms with Crippen molar-refractivity contribution >= 4 is 39.1 Å². The maximum absolute atomic E-state index is 6.24. The Morgan fingerprint density at radius 3 is 2.56 bits per heavy atom. The van der Waals surface area contributed by atoms with Gasteiger partial charge in [0, 0.05) is 22.2 Å². The molecule has 0 atom stereocenters. The molecule has 0 heterocycles. The standard InChI is InChI=1S/C21H26BrCl2NO2/c1-4-26-20-10-15(12-25-8-7-14(2)3)9-18(22)21(20)27-13-16-5-6-17(23)11-19(16)24/h5-6,9-11,14,25H,4,7-8,12-13H2,1-3H3. The minimum atomic E-state index is 0.334.